The van der Waals surface area contributed by atoms with Crippen molar-refractivity contribution in [3.05, 3.63) is 29.6 Å². The number of benzene rings is 1. The first-order chi connectivity index (χ1) is 8.08. The highest BCUT2D eigenvalue weighted by Crippen LogP contribution is 2.29. The lowest BCUT2D eigenvalue weighted by molar-refractivity contribution is 0.0465. The van der Waals surface area contributed by atoms with Crippen LogP contribution in [0.1, 0.15) is 18.4 Å². The van der Waals surface area contributed by atoms with E-state index in [1.165, 1.54) is 12.1 Å². The Bertz CT molecular complexity index is 449. The van der Waals surface area contributed by atoms with Crippen LogP contribution in [0.3, 0.4) is 0 Å². The summed E-state index contributed by atoms with van der Waals surface area (Å²) < 4.78 is 13.3. The van der Waals surface area contributed by atoms with Gasteiger partial charge in [0.25, 0.3) is 0 Å². The van der Waals surface area contributed by atoms with Gasteiger partial charge in [0, 0.05) is 19.3 Å². The van der Waals surface area contributed by atoms with E-state index < -0.39 is 0 Å². The summed E-state index contributed by atoms with van der Waals surface area (Å²) in [6.45, 7) is 0.783. The highest BCUT2D eigenvalue weighted by molar-refractivity contribution is 5.51. The standard InChI is InChI=1S/C13H15FN2O/c1-16(8-10-4-13(17)5-10)12-3-9(7-15)2-11(14)6-12/h2-3,6,10,13,17H,4-5,8H2,1H3. The van der Waals surface area contributed by atoms with Gasteiger partial charge in [-0.2, -0.15) is 5.26 Å². The number of aliphatic hydroxyl groups excluding tert-OH is 1. The van der Waals surface area contributed by atoms with Gasteiger partial charge in [0.1, 0.15) is 5.82 Å². The van der Waals surface area contributed by atoms with E-state index in [0.29, 0.717) is 17.2 Å². The van der Waals surface area contributed by atoms with Gasteiger partial charge >= 0.3 is 0 Å². The lowest BCUT2D eigenvalue weighted by atomic mass is 9.82. The third kappa shape index (κ3) is 2.75. The van der Waals surface area contributed by atoms with E-state index in [4.69, 9.17) is 5.26 Å². The Balaban J connectivity index is 2.06. The van der Waals surface area contributed by atoms with Gasteiger partial charge in [-0.25, -0.2) is 4.39 Å². The first-order valence-electron chi connectivity index (χ1n) is 5.68. The summed E-state index contributed by atoms with van der Waals surface area (Å²) in [6, 6.07) is 6.28. The van der Waals surface area contributed by atoms with Crippen molar-refractivity contribution in [1.82, 2.24) is 0 Å². The maximum absolute atomic E-state index is 13.3. The van der Waals surface area contributed by atoms with Gasteiger partial charge < -0.3 is 10.0 Å². The zero-order valence-electron chi connectivity index (χ0n) is 9.73. The summed E-state index contributed by atoms with van der Waals surface area (Å²) >= 11 is 0. The first kappa shape index (κ1) is 11.9. The molecule has 1 fully saturated rings. The molecule has 0 saturated heterocycles. The Hall–Kier alpha value is -1.60. The molecule has 1 saturated carbocycles. The first-order valence-corrected chi connectivity index (χ1v) is 5.68. The lowest BCUT2D eigenvalue weighted by Crippen LogP contribution is -2.37. The van der Waals surface area contributed by atoms with E-state index >= 15 is 0 Å². The van der Waals surface area contributed by atoms with Crippen LogP contribution in [0.25, 0.3) is 0 Å². The molecule has 2 rings (SSSR count). The topological polar surface area (TPSA) is 47.3 Å². The number of halogens is 1. The van der Waals surface area contributed by atoms with Crippen LogP contribution in [-0.2, 0) is 0 Å². The van der Waals surface area contributed by atoms with Crippen LogP contribution in [0, 0.1) is 23.1 Å². The fraction of sp³-hybridized carbons (Fsp3) is 0.462. The number of nitriles is 1. The highest BCUT2D eigenvalue weighted by atomic mass is 19.1. The van der Waals surface area contributed by atoms with Crippen molar-refractivity contribution in [2.24, 2.45) is 5.92 Å². The minimum absolute atomic E-state index is 0.171. The largest absolute Gasteiger partial charge is 0.393 e. The van der Waals surface area contributed by atoms with Crippen LogP contribution >= 0.6 is 0 Å². The van der Waals surface area contributed by atoms with Crippen LogP contribution < -0.4 is 4.90 Å². The van der Waals surface area contributed by atoms with Gasteiger partial charge in [0.15, 0.2) is 0 Å². The normalized spacial score (nSPS) is 22.7. The highest BCUT2D eigenvalue weighted by Gasteiger charge is 2.28. The van der Waals surface area contributed by atoms with Crippen LogP contribution in [0.15, 0.2) is 18.2 Å². The number of hydrogen-bond donors (Lipinski definition) is 1. The molecule has 90 valence electrons. The van der Waals surface area contributed by atoms with E-state index in [0.717, 1.165) is 19.4 Å². The number of nitrogens with zero attached hydrogens (tertiary/aromatic N) is 2. The maximum atomic E-state index is 13.3. The molecule has 4 heteroatoms. The van der Waals surface area contributed by atoms with Crippen molar-refractivity contribution in [1.29, 1.82) is 5.26 Å². The molecule has 0 radical (unpaired) electrons. The zero-order chi connectivity index (χ0) is 12.4. The van der Waals surface area contributed by atoms with Crippen LogP contribution in [0.5, 0.6) is 0 Å². The molecule has 3 nitrogen and oxygen atoms in total. The molecule has 0 aromatic heterocycles. The van der Waals surface area contributed by atoms with E-state index in [9.17, 15) is 9.50 Å². The van der Waals surface area contributed by atoms with E-state index in [-0.39, 0.29) is 11.9 Å². The maximum Gasteiger partial charge on any atom is 0.126 e. The van der Waals surface area contributed by atoms with Gasteiger partial charge in [0.2, 0.25) is 0 Å². The zero-order valence-corrected chi connectivity index (χ0v) is 9.73. The van der Waals surface area contributed by atoms with E-state index in [1.807, 2.05) is 18.0 Å². The second kappa shape index (κ2) is 4.72. The SMILES string of the molecule is CN(CC1CC(O)C1)c1cc(F)cc(C#N)c1. The number of rotatable bonds is 3. The number of hydrogen-bond acceptors (Lipinski definition) is 3. The number of anilines is 1. The molecule has 0 amide bonds. The third-order valence-electron chi connectivity index (χ3n) is 3.20. The molecule has 1 aromatic rings. The monoisotopic (exact) mass is 234 g/mol. The molecule has 1 aromatic carbocycles. The van der Waals surface area contributed by atoms with Crippen molar-refractivity contribution < 1.29 is 9.50 Å². The predicted molar refractivity (Wildman–Crippen MR) is 63.1 cm³/mol. The molecule has 1 aliphatic carbocycles. The fourth-order valence-electron chi connectivity index (χ4n) is 2.20. The van der Waals surface area contributed by atoms with Gasteiger partial charge in [-0.15, -0.1) is 0 Å². The van der Waals surface area contributed by atoms with Crippen LogP contribution in [-0.4, -0.2) is 24.8 Å². The minimum atomic E-state index is -0.389. The minimum Gasteiger partial charge on any atom is -0.393 e. The predicted octanol–water partition coefficient (Wildman–Crippen LogP) is 1.90. The molecule has 0 unspecified atom stereocenters. The van der Waals surface area contributed by atoms with Crippen molar-refractivity contribution in [3.63, 3.8) is 0 Å². The molecule has 1 N–H and O–H groups in total. The van der Waals surface area contributed by atoms with Gasteiger partial charge in [-0.3, -0.25) is 0 Å². The molecule has 0 bridgehead atoms. The molecular weight excluding hydrogens is 219 g/mol. The second-order valence-corrected chi connectivity index (χ2v) is 4.68. The summed E-state index contributed by atoms with van der Waals surface area (Å²) in [5, 5.41) is 18.0. The molecule has 0 heterocycles. The van der Waals surface area contributed by atoms with Crippen molar-refractivity contribution in [2.75, 3.05) is 18.5 Å². The number of aliphatic hydroxyl groups is 1. The van der Waals surface area contributed by atoms with Gasteiger partial charge in [-0.05, 0) is 37.0 Å². The Morgan fingerprint density at radius 3 is 2.76 bits per heavy atom. The summed E-state index contributed by atoms with van der Waals surface area (Å²) in [4.78, 5) is 1.93. The summed E-state index contributed by atoms with van der Waals surface area (Å²) in [5.74, 6) is 0.0725. The summed E-state index contributed by atoms with van der Waals surface area (Å²) in [5.41, 5.74) is 1.04. The summed E-state index contributed by atoms with van der Waals surface area (Å²) in [7, 11) is 1.88. The second-order valence-electron chi connectivity index (χ2n) is 4.68. The molecular formula is C13H15FN2O. The molecule has 1 aliphatic rings. The Morgan fingerprint density at radius 2 is 2.18 bits per heavy atom. The van der Waals surface area contributed by atoms with Crippen LogP contribution in [0.2, 0.25) is 0 Å². The fourth-order valence-corrected chi connectivity index (χ4v) is 2.20. The molecule has 0 spiro atoms. The smallest absolute Gasteiger partial charge is 0.126 e. The average Bonchev–Trinajstić information content (AvgIpc) is 2.26. The van der Waals surface area contributed by atoms with Crippen molar-refractivity contribution in [2.45, 2.75) is 18.9 Å². The third-order valence-corrected chi connectivity index (χ3v) is 3.20. The molecule has 0 aliphatic heterocycles. The van der Waals surface area contributed by atoms with E-state index in [1.54, 1.807) is 6.07 Å². The lowest BCUT2D eigenvalue weighted by Gasteiger charge is -2.35. The average molecular weight is 234 g/mol. The van der Waals surface area contributed by atoms with Crippen molar-refractivity contribution >= 4 is 5.69 Å². The van der Waals surface area contributed by atoms with Gasteiger partial charge in [-0.1, -0.05) is 0 Å². The molecule has 0 atom stereocenters. The Labute approximate surface area is 100 Å². The summed E-state index contributed by atoms with van der Waals surface area (Å²) in [6.07, 6.45) is 1.45. The Morgan fingerprint density at radius 1 is 1.47 bits per heavy atom. The van der Waals surface area contributed by atoms with Crippen LogP contribution in [0.4, 0.5) is 10.1 Å². The Kier molecular flexibility index (Phi) is 3.30. The van der Waals surface area contributed by atoms with E-state index in [2.05, 4.69) is 0 Å². The van der Waals surface area contributed by atoms with Crippen molar-refractivity contribution in [3.8, 4) is 6.07 Å². The quantitative estimate of drug-likeness (QED) is 0.869. The van der Waals surface area contributed by atoms with Gasteiger partial charge in [0.05, 0.1) is 17.7 Å². The molecule has 17 heavy (non-hydrogen) atoms.